The molecule has 0 atom stereocenters. The molecule has 7 nitrogen and oxygen atoms in total. The molecule has 0 spiro atoms. The molecule has 1 aliphatic rings. The molecule has 1 heterocycles. The minimum absolute atomic E-state index is 0.124. The number of guanidine groups is 1. The number of carbonyl (C=O) groups is 1. The first kappa shape index (κ1) is 18.3. The Kier molecular flexibility index (Phi) is 5.20. The molecular formula is C17H17Cl2N5O2. The van der Waals surface area contributed by atoms with Crippen LogP contribution in [0.5, 0.6) is 0 Å². The fraction of sp³-hybridized carbons (Fsp3) is 0.235. The van der Waals surface area contributed by atoms with E-state index in [0.717, 1.165) is 12.0 Å². The van der Waals surface area contributed by atoms with Gasteiger partial charge in [0.05, 0.1) is 16.4 Å². The molecule has 136 valence electrons. The Bertz CT molecular complexity index is 929. The molecule has 1 aromatic carbocycles. The number of amides is 1. The summed E-state index contributed by atoms with van der Waals surface area (Å²) in [5.74, 6) is 0.384. The van der Waals surface area contributed by atoms with E-state index < -0.39 is 5.91 Å². The summed E-state index contributed by atoms with van der Waals surface area (Å²) in [6, 6.07) is 4.83. The number of aryl methyl sites for hydroxylation is 1. The number of rotatable bonds is 3. The maximum Gasteiger partial charge on any atom is 0.291 e. The maximum atomic E-state index is 12.7. The van der Waals surface area contributed by atoms with Gasteiger partial charge in [-0.2, -0.15) is 5.10 Å². The second kappa shape index (κ2) is 7.39. The van der Waals surface area contributed by atoms with Crippen molar-refractivity contribution in [3.63, 3.8) is 0 Å². The normalized spacial score (nSPS) is 14.8. The quantitative estimate of drug-likeness (QED) is 0.420. The van der Waals surface area contributed by atoms with E-state index in [1.165, 1.54) is 0 Å². The molecule has 3 rings (SSSR count). The highest BCUT2D eigenvalue weighted by Crippen LogP contribution is 2.31. The van der Waals surface area contributed by atoms with Crippen LogP contribution in [0.25, 0.3) is 0 Å². The van der Waals surface area contributed by atoms with Crippen LogP contribution >= 0.6 is 23.2 Å². The lowest BCUT2D eigenvalue weighted by molar-refractivity contribution is 0.0994. The predicted octanol–water partition coefficient (Wildman–Crippen LogP) is 3.46. The van der Waals surface area contributed by atoms with Crippen molar-refractivity contribution in [1.29, 1.82) is 0 Å². The van der Waals surface area contributed by atoms with E-state index in [1.807, 2.05) is 0 Å². The number of carbonyl (C=O) groups excluding carboxylic acids is 1. The Morgan fingerprint density at radius 2 is 2.04 bits per heavy atom. The van der Waals surface area contributed by atoms with Crippen molar-refractivity contribution in [2.45, 2.75) is 26.2 Å². The summed E-state index contributed by atoms with van der Waals surface area (Å²) >= 11 is 12.0. The number of nitrogens with zero attached hydrogens (tertiary/aromatic N) is 2. The Morgan fingerprint density at radius 1 is 1.27 bits per heavy atom. The van der Waals surface area contributed by atoms with Gasteiger partial charge in [0.15, 0.2) is 5.76 Å². The van der Waals surface area contributed by atoms with Crippen molar-refractivity contribution in [2.24, 2.45) is 21.7 Å². The van der Waals surface area contributed by atoms with Crippen LogP contribution in [0.4, 0.5) is 5.69 Å². The molecule has 0 bridgehead atoms. The van der Waals surface area contributed by atoms with E-state index in [0.29, 0.717) is 45.6 Å². The molecular weight excluding hydrogens is 377 g/mol. The lowest BCUT2D eigenvalue weighted by Crippen LogP contribution is -2.22. The molecule has 0 radical (unpaired) electrons. The van der Waals surface area contributed by atoms with Gasteiger partial charge in [-0.15, -0.1) is 5.10 Å². The summed E-state index contributed by atoms with van der Waals surface area (Å²) in [6.07, 6.45) is 2.25. The topological polar surface area (TPSA) is 119 Å². The van der Waals surface area contributed by atoms with Gasteiger partial charge in [-0.05, 0) is 38.0 Å². The molecule has 1 aromatic heterocycles. The summed E-state index contributed by atoms with van der Waals surface area (Å²) in [4.78, 5) is 12.7. The van der Waals surface area contributed by atoms with Crippen molar-refractivity contribution in [3.05, 3.63) is 50.9 Å². The zero-order valence-corrected chi connectivity index (χ0v) is 15.5. The van der Waals surface area contributed by atoms with Crippen LogP contribution in [0.1, 0.15) is 40.3 Å². The first-order valence-corrected chi connectivity index (χ1v) is 8.67. The number of benzene rings is 1. The molecule has 0 saturated heterocycles. The first-order valence-electron chi connectivity index (χ1n) is 7.91. The smallest absolute Gasteiger partial charge is 0.291 e. The standard InChI is InChI=1S/C17H17Cl2N5O2/c1-8-14-12(23-24-17(20)21)3-2-4-13(14)26-15(8)16(25)22-11-6-5-9(18)7-10(11)19/h5-7H,2-4H2,1H3,(H,22,25)(H4,20,21,24)/b23-12+. The van der Waals surface area contributed by atoms with Gasteiger partial charge in [-0.3, -0.25) is 4.79 Å². The monoisotopic (exact) mass is 393 g/mol. The molecule has 2 aromatic rings. The summed E-state index contributed by atoms with van der Waals surface area (Å²) in [7, 11) is 0. The summed E-state index contributed by atoms with van der Waals surface area (Å²) < 4.78 is 5.80. The molecule has 0 saturated carbocycles. The molecule has 9 heteroatoms. The van der Waals surface area contributed by atoms with Crippen LogP contribution in [-0.4, -0.2) is 17.6 Å². The molecule has 0 unspecified atom stereocenters. The van der Waals surface area contributed by atoms with E-state index in [-0.39, 0.29) is 11.7 Å². The Morgan fingerprint density at radius 3 is 2.73 bits per heavy atom. The van der Waals surface area contributed by atoms with Crippen LogP contribution < -0.4 is 16.8 Å². The number of hydrogen-bond acceptors (Lipinski definition) is 4. The second-order valence-electron chi connectivity index (χ2n) is 5.86. The van der Waals surface area contributed by atoms with Crippen LogP contribution in [-0.2, 0) is 6.42 Å². The summed E-state index contributed by atoms with van der Waals surface area (Å²) in [5, 5.41) is 11.4. The fourth-order valence-corrected chi connectivity index (χ4v) is 3.33. The van der Waals surface area contributed by atoms with Crippen molar-refractivity contribution >= 4 is 46.5 Å². The number of nitrogens with one attached hydrogen (secondary N) is 1. The van der Waals surface area contributed by atoms with E-state index in [4.69, 9.17) is 39.1 Å². The Hall–Kier alpha value is -2.51. The molecule has 26 heavy (non-hydrogen) atoms. The number of nitrogens with two attached hydrogens (primary N) is 2. The fourth-order valence-electron chi connectivity index (χ4n) is 2.87. The van der Waals surface area contributed by atoms with E-state index >= 15 is 0 Å². The average molecular weight is 394 g/mol. The minimum Gasteiger partial charge on any atom is -0.455 e. The van der Waals surface area contributed by atoms with Crippen molar-refractivity contribution in [3.8, 4) is 0 Å². The predicted molar refractivity (Wildman–Crippen MR) is 103 cm³/mol. The molecule has 0 aliphatic heterocycles. The third-order valence-electron chi connectivity index (χ3n) is 4.00. The number of anilines is 1. The Labute approximate surface area is 160 Å². The third-order valence-corrected chi connectivity index (χ3v) is 4.55. The SMILES string of the molecule is Cc1c(C(=O)Nc2ccc(Cl)cc2Cl)oc2c1/C(=N/N=C(N)N)CCC2. The largest absolute Gasteiger partial charge is 0.455 e. The average Bonchev–Trinajstić information content (AvgIpc) is 2.93. The van der Waals surface area contributed by atoms with Gasteiger partial charge in [0.2, 0.25) is 5.96 Å². The van der Waals surface area contributed by atoms with E-state index in [9.17, 15) is 4.79 Å². The number of fused-ring (bicyclic) bond motifs is 1. The highest BCUT2D eigenvalue weighted by atomic mass is 35.5. The number of furan rings is 1. The van der Waals surface area contributed by atoms with Crippen LogP contribution in [0.2, 0.25) is 10.0 Å². The van der Waals surface area contributed by atoms with Gasteiger partial charge in [0.1, 0.15) is 5.76 Å². The second-order valence-corrected chi connectivity index (χ2v) is 6.70. The number of hydrogen-bond donors (Lipinski definition) is 3. The lowest BCUT2D eigenvalue weighted by Gasteiger charge is -2.11. The molecule has 1 aliphatic carbocycles. The summed E-state index contributed by atoms with van der Waals surface area (Å²) in [5.41, 5.74) is 13.3. The van der Waals surface area contributed by atoms with Gasteiger partial charge < -0.3 is 21.2 Å². The van der Waals surface area contributed by atoms with Crippen LogP contribution in [0.15, 0.2) is 32.8 Å². The van der Waals surface area contributed by atoms with Gasteiger partial charge in [0.25, 0.3) is 5.91 Å². The van der Waals surface area contributed by atoms with Gasteiger partial charge >= 0.3 is 0 Å². The number of halogens is 2. The molecule has 5 N–H and O–H groups in total. The van der Waals surface area contributed by atoms with Crippen molar-refractivity contribution < 1.29 is 9.21 Å². The zero-order chi connectivity index (χ0) is 18.8. The third kappa shape index (κ3) is 3.68. The van der Waals surface area contributed by atoms with E-state index in [1.54, 1.807) is 25.1 Å². The van der Waals surface area contributed by atoms with Gasteiger partial charge in [-0.1, -0.05) is 23.2 Å². The first-order chi connectivity index (χ1) is 12.4. The lowest BCUT2D eigenvalue weighted by atomic mass is 9.93. The highest BCUT2D eigenvalue weighted by molar-refractivity contribution is 6.36. The maximum absolute atomic E-state index is 12.7. The van der Waals surface area contributed by atoms with Gasteiger partial charge in [-0.25, -0.2) is 0 Å². The van der Waals surface area contributed by atoms with Crippen molar-refractivity contribution in [1.82, 2.24) is 0 Å². The van der Waals surface area contributed by atoms with Crippen LogP contribution in [0, 0.1) is 6.92 Å². The highest BCUT2D eigenvalue weighted by Gasteiger charge is 2.28. The zero-order valence-electron chi connectivity index (χ0n) is 14.0. The van der Waals surface area contributed by atoms with Crippen molar-refractivity contribution in [2.75, 3.05) is 5.32 Å². The summed E-state index contributed by atoms with van der Waals surface area (Å²) in [6.45, 7) is 1.80. The van der Waals surface area contributed by atoms with Crippen LogP contribution in [0.3, 0.4) is 0 Å². The Balaban J connectivity index is 1.93. The molecule has 1 amide bonds. The minimum atomic E-state index is -0.401. The molecule has 0 fully saturated rings. The van der Waals surface area contributed by atoms with Gasteiger partial charge in [0, 0.05) is 22.6 Å². The van der Waals surface area contributed by atoms with E-state index in [2.05, 4.69) is 15.5 Å².